The number of carbonyl (C=O) groups is 1. The number of hydrogen-bond acceptors (Lipinski definition) is 3. The lowest BCUT2D eigenvalue weighted by molar-refractivity contribution is -0.137. The van der Waals surface area contributed by atoms with E-state index < -0.39 is 12.0 Å². The summed E-state index contributed by atoms with van der Waals surface area (Å²) in [6.45, 7) is 0. The van der Waals surface area contributed by atoms with Crippen LogP contribution in [0.5, 0.6) is 5.75 Å². The Labute approximate surface area is 114 Å². The van der Waals surface area contributed by atoms with Gasteiger partial charge in [0.05, 0.1) is 4.47 Å². The van der Waals surface area contributed by atoms with Gasteiger partial charge in [-0.05, 0) is 52.7 Å². The summed E-state index contributed by atoms with van der Waals surface area (Å²) in [5, 5.41) is 18.8. The lowest BCUT2D eigenvalue weighted by Gasteiger charge is -2.16. The Kier molecular flexibility index (Phi) is 3.92. The van der Waals surface area contributed by atoms with Crippen molar-refractivity contribution in [2.24, 2.45) is 5.73 Å². The Hall–Kier alpha value is -1.07. The van der Waals surface area contributed by atoms with Gasteiger partial charge in [0.15, 0.2) is 0 Å². The number of halogens is 1. The molecule has 98 valence electrons. The van der Waals surface area contributed by atoms with Gasteiger partial charge in [-0.25, -0.2) is 0 Å². The van der Waals surface area contributed by atoms with Crippen LogP contribution in [-0.2, 0) is 17.6 Å². The third kappa shape index (κ3) is 2.52. The zero-order chi connectivity index (χ0) is 13.3. The van der Waals surface area contributed by atoms with E-state index in [2.05, 4.69) is 15.9 Å². The first-order chi connectivity index (χ1) is 8.50. The Morgan fingerprint density at radius 3 is 2.89 bits per heavy atom. The molecule has 0 saturated carbocycles. The molecule has 0 aromatic heterocycles. The van der Waals surface area contributed by atoms with Gasteiger partial charge in [0, 0.05) is 18.0 Å². The van der Waals surface area contributed by atoms with E-state index in [1.807, 2.05) is 6.07 Å². The van der Waals surface area contributed by atoms with E-state index in [0.29, 0.717) is 12.0 Å². The highest BCUT2D eigenvalue weighted by Gasteiger charge is 2.22. The molecule has 0 spiro atoms. The van der Waals surface area contributed by atoms with Gasteiger partial charge in [-0.1, -0.05) is 6.07 Å². The second-order valence-corrected chi connectivity index (χ2v) is 5.45. The van der Waals surface area contributed by atoms with Crippen molar-refractivity contribution in [2.45, 2.75) is 38.1 Å². The molecule has 5 heteroatoms. The molecule has 0 aliphatic heterocycles. The SMILES string of the molecule is NC(CCC(=O)O)c1cc2c(c(Br)c1O)CCC2. The first kappa shape index (κ1) is 13.4. The average Bonchev–Trinajstić information content (AvgIpc) is 2.79. The van der Waals surface area contributed by atoms with Crippen LogP contribution in [0.2, 0.25) is 0 Å². The van der Waals surface area contributed by atoms with Crippen LogP contribution < -0.4 is 5.73 Å². The van der Waals surface area contributed by atoms with Crippen molar-refractivity contribution in [3.63, 3.8) is 0 Å². The van der Waals surface area contributed by atoms with Gasteiger partial charge in [0.1, 0.15) is 5.75 Å². The van der Waals surface area contributed by atoms with Crippen LogP contribution in [0.25, 0.3) is 0 Å². The Morgan fingerprint density at radius 2 is 2.22 bits per heavy atom. The number of hydrogen-bond donors (Lipinski definition) is 3. The summed E-state index contributed by atoms with van der Waals surface area (Å²) < 4.78 is 0.721. The fourth-order valence-corrected chi connectivity index (χ4v) is 3.10. The summed E-state index contributed by atoms with van der Waals surface area (Å²) in [5.41, 5.74) is 8.97. The van der Waals surface area contributed by atoms with Crippen LogP contribution in [0.3, 0.4) is 0 Å². The monoisotopic (exact) mass is 313 g/mol. The average molecular weight is 314 g/mol. The number of fused-ring (bicyclic) bond motifs is 1. The molecule has 1 aliphatic carbocycles. The van der Waals surface area contributed by atoms with Crippen molar-refractivity contribution < 1.29 is 15.0 Å². The summed E-state index contributed by atoms with van der Waals surface area (Å²) in [7, 11) is 0. The van der Waals surface area contributed by atoms with E-state index in [0.717, 1.165) is 29.3 Å². The molecule has 0 heterocycles. The van der Waals surface area contributed by atoms with Gasteiger partial charge >= 0.3 is 5.97 Å². The topological polar surface area (TPSA) is 83.6 Å². The summed E-state index contributed by atoms with van der Waals surface area (Å²) in [5.74, 6) is -0.710. The van der Waals surface area contributed by atoms with Gasteiger partial charge in [-0.3, -0.25) is 4.79 Å². The molecule has 1 unspecified atom stereocenters. The molecule has 18 heavy (non-hydrogen) atoms. The molecule has 0 fully saturated rings. The van der Waals surface area contributed by atoms with Gasteiger partial charge in [0.25, 0.3) is 0 Å². The predicted molar refractivity (Wildman–Crippen MR) is 71.6 cm³/mol. The number of aliphatic carboxylic acids is 1. The van der Waals surface area contributed by atoms with Gasteiger partial charge in [0.2, 0.25) is 0 Å². The van der Waals surface area contributed by atoms with Crippen LogP contribution >= 0.6 is 15.9 Å². The number of aromatic hydroxyl groups is 1. The van der Waals surface area contributed by atoms with Crippen LogP contribution in [0, 0.1) is 0 Å². The second kappa shape index (κ2) is 5.28. The number of aryl methyl sites for hydroxylation is 1. The minimum Gasteiger partial charge on any atom is -0.506 e. The minimum atomic E-state index is -0.870. The fraction of sp³-hybridized carbons (Fsp3) is 0.462. The molecule has 4 N–H and O–H groups in total. The molecule has 4 nitrogen and oxygen atoms in total. The number of rotatable bonds is 4. The molecule has 0 amide bonds. The van der Waals surface area contributed by atoms with Crippen molar-refractivity contribution in [1.82, 2.24) is 0 Å². The third-order valence-corrected chi connectivity index (χ3v) is 4.26. The fourth-order valence-electron chi connectivity index (χ4n) is 2.42. The van der Waals surface area contributed by atoms with E-state index in [-0.39, 0.29) is 12.2 Å². The summed E-state index contributed by atoms with van der Waals surface area (Å²) >= 11 is 3.41. The highest BCUT2D eigenvalue weighted by molar-refractivity contribution is 9.10. The van der Waals surface area contributed by atoms with Crippen molar-refractivity contribution in [3.05, 3.63) is 27.2 Å². The highest BCUT2D eigenvalue weighted by Crippen LogP contribution is 2.40. The Bertz CT molecular complexity index is 488. The smallest absolute Gasteiger partial charge is 0.303 e. The maximum atomic E-state index is 10.5. The van der Waals surface area contributed by atoms with Gasteiger partial charge in [-0.15, -0.1) is 0 Å². The lowest BCUT2D eigenvalue weighted by Crippen LogP contribution is -2.13. The first-order valence-electron chi connectivity index (χ1n) is 6.01. The van der Waals surface area contributed by atoms with Gasteiger partial charge < -0.3 is 15.9 Å². The van der Waals surface area contributed by atoms with E-state index in [4.69, 9.17) is 10.8 Å². The van der Waals surface area contributed by atoms with Crippen LogP contribution in [0.15, 0.2) is 10.5 Å². The minimum absolute atomic E-state index is 0.00924. The van der Waals surface area contributed by atoms with E-state index in [1.165, 1.54) is 5.56 Å². The number of phenols is 1. The number of nitrogens with two attached hydrogens (primary N) is 1. The number of benzene rings is 1. The Morgan fingerprint density at radius 1 is 1.50 bits per heavy atom. The summed E-state index contributed by atoms with van der Waals surface area (Å²) in [6, 6.07) is 1.48. The maximum absolute atomic E-state index is 10.5. The highest BCUT2D eigenvalue weighted by atomic mass is 79.9. The predicted octanol–water partition coefficient (Wildman–Crippen LogP) is 2.51. The van der Waals surface area contributed by atoms with E-state index in [9.17, 15) is 9.90 Å². The number of carboxylic acid groups (broad SMARTS) is 1. The van der Waals surface area contributed by atoms with Crippen molar-refractivity contribution in [3.8, 4) is 5.75 Å². The summed E-state index contributed by atoms with van der Waals surface area (Å²) in [4.78, 5) is 10.5. The standard InChI is InChI=1S/C13H16BrNO3/c14-12-8-3-1-2-7(8)6-9(13(12)18)10(15)4-5-11(16)17/h6,10,18H,1-5,15H2,(H,16,17). The zero-order valence-corrected chi connectivity index (χ0v) is 11.5. The van der Waals surface area contributed by atoms with E-state index in [1.54, 1.807) is 0 Å². The number of phenolic OH excluding ortho intramolecular Hbond substituents is 1. The van der Waals surface area contributed by atoms with Crippen molar-refractivity contribution in [2.75, 3.05) is 0 Å². The first-order valence-corrected chi connectivity index (χ1v) is 6.80. The van der Waals surface area contributed by atoms with Crippen LogP contribution in [-0.4, -0.2) is 16.2 Å². The molecule has 1 aromatic rings. The molecule has 0 bridgehead atoms. The van der Waals surface area contributed by atoms with Crippen molar-refractivity contribution >= 4 is 21.9 Å². The molecular formula is C13H16BrNO3. The third-order valence-electron chi connectivity index (χ3n) is 3.41. The lowest BCUT2D eigenvalue weighted by atomic mass is 9.97. The molecule has 0 radical (unpaired) electrons. The Balaban J connectivity index is 2.28. The van der Waals surface area contributed by atoms with Crippen LogP contribution in [0.1, 0.15) is 42.0 Å². The largest absolute Gasteiger partial charge is 0.506 e. The molecule has 1 aromatic carbocycles. The molecule has 1 atom stereocenters. The molecule has 1 aliphatic rings. The van der Waals surface area contributed by atoms with Crippen molar-refractivity contribution in [1.29, 1.82) is 0 Å². The zero-order valence-electron chi connectivity index (χ0n) is 9.95. The maximum Gasteiger partial charge on any atom is 0.303 e. The normalized spacial score (nSPS) is 15.4. The van der Waals surface area contributed by atoms with Crippen LogP contribution in [0.4, 0.5) is 0 Å². The van der Waals surface area contributed by atoms with E-state index >= 15 is 0 Å². The van der Waals surface area contributed by atoms with Gasteiger partial charge in [-0.2, -0.15) is 0 Å². The molecular weight excluding hydrogens is 298 g/mol. The second-order valence-electron chi connectivity index (χ2n) is 4.66. The number of carboxylic acids is 1. The molecule has 2 rings (SSSR count). The summed E-state index contributed by atoms with van der Waals surface area (Å²) in [6.07, 6.45) is 3.38. The molecule has 0 saturated heterocycles. The quantitative estimate of drug-likeness (QED) is 0.797.